The van der Waals surface area contributed by atoms with Crippen LogP contribution in [0, 0.1) is 5.92 Å². The van der Waals surface area contributed by atoms with E-state index in [1.165, 1.54) is 25.9 Å². The molecule has 6 heteroatoms. The number of alkyl halides is 1. The molecule has 3 heterocycles. The standard InChI is InChI=1S/C14H21ClN4S/c1-17-5-3-11(4-6-17)10-18(2)13-12(9-15)19-7-8-20-14(19)16-13/h7-8,11H,3-6,9-10H2,1-2H3. The zero-order chi connectivity index (χ0) is 14.1. The van der Waals surface area contributed by atoms with Crippen molar-refractivity contribution in [1.82, 2.24) is 14.3 Å². The van der Waals surface area contributed by atoms with Crippen LogP contribution in [0.1, 0.15) is 18.5 Å². The molecule has 0 N–H and O–H groups in total. The number of halogens is 1. The highest BCUT2D eigenvalue weighted by Crippen LogP contribution is 2.27. The van der Waals surface area contributed by atoms with Gasteiger partial charge in [0.05, 0.1) is 11.6 Å². The second-order valence-corrected chi connectivity index (χ2v) is 6.84. The number of aromatic nitrogens is 2. The molecule has 2 aromatic heterocycles. The fourth-order valence-corrected chi connectivity index (χ4v) is 3.95. The Kier molecular flexibility index (Phi) is 4.19. The van der Waals surface area contributed by atoms with Crippen LogP contribution >= 0.6 is 22.9 Å². The fraction of sp³-hybridized carbons (Fsp3) is 0.643. The summed E-state index contributed by atoms with van der Waals surface area (Å²) in [6.45, 7) is 3.49. The Balaban J connectivity index is 1.74. The quantitative estimate of drug-likeness (QED) is 0.811. The average Bonchev–Trinajstić information content (AvgIpc) is 3.01. The van der Waals surface area contributed by atoms with Crippen molar-refractivity contribution < 1.29 is 0 Å². The number of hydrogen-bond acceptors (Lipinski definition) is 4. The number of likely N-dealkylation sites (tertiary alicyclic amines) is 1. The predicted octanol–water partition coefficient (Wildman–Crippen LogP) is 2.91. The van der Waals surface area contributed by atoms with Gasteiger partial charge in [0.1, 0.15) is 0 Å². The Hall–Kier alpha value is -0.780. The van der Waals surface area contributed by atoms with Crippen LogP contribution in [0.5, 0.6) is 0 Å². The zero-order valence-electron chi connectivity index (χ0n) is 12.0. The molecule has 1 saturated heterocycles. The molecule has 0 atom stereocenters. The van der Waals surface area contributed by atoms with Gasteiger partial charge >= 0.3 is 0 Å². The number of piperidine rings is 1. The first kappa shape index (κ1) is 14.2. The summed E-state index contributed by atoms with van der Waals surface area (Å²) in [4.78, 5) is 10.5. The molecule has 1 aliphatic rings. The summed E-state index contributed by atoms with van der Waals surface area (Å²) in [7, 11) is 4.34. The van der Waals surface area contributed by atoms with Gasteiger partial charge in [0.25, 0.3) is 0 Å². The molecule has 0 unspecified atom stereocenters. The Morgan fingerprint density at radius 3 is 2.90 bits per heavy atom. The highest BCUT2D eigenvalue weighted by molar-refractivity contribution is 7.15. The van der Waals surface area contributed by atoms with E-state index in [-0.39, 0.29) is 0 Å². The monoisotopic (exact) mass is 312 g/mol. The van der Waals surface area contributed by atoms with Crippen molar-refractivity contribution in [3.05, 3.63) is 17.3 Å². The lowest BCUT2D eigenvalue weighted by Gasteiger charge is -2.32. The minimum atomic E-state index is 0.505. The number of anilines is 1. The number of fused-ring (bicyclic) bond motifs is 1. The molecular weight excluding hydrogens is 292 g/mol. The van der Waals surface area contributed by atoms with Gasteiger partial charge < -0.3 is 9.80 Å². The molecule has 110 valence electrons. The minimum Gasteiger partial charge on any atom is -0.358 e. The number of imidazole rings is 1. The van der Waals surface area contributed by atoms with Gasteiger partial charge in [-0.1, -0.05) is 0 Å². The first-order chi connectivity index (χ1) is 9.69. The van der Waals surface area contributed by atoms with Gasteiger partial charge in [-0.2, -0.15) is 0 Å². The van der Waals surface area contributed by atoms with Crippen molar-refractivity contribution >= 4 is 33.7 Å². The largest absolute Gasteiger partial charge is 0.358 e. The second-order valence-electron chi connectivity index (χ2n) is 5.70. The summed E-state index contributed by atoms with van der Waals surface area (Å²) in [6.07, 6.45) is 4.61. The zero-order valence-corrected chi connectivity index (χ0v) is 13.6. The fourth-order valence-electron chi connectivity index (χ4n) is 2.97. The number of thiazole rings is 1. The number of rotatable bonds is 4. The van der Waals surface area contributed by atoms with Gasteiger partial charge in [0, 0.05) is 25.2 Å². The Bertz CT molecular complexity index is 571. The van der Waals surface area contributed by atoms with Gasteiger partial charge in [-0.25, -0.2) is 4.98 Å². The van der Waals surface area contributed by atoms with E-state index >= 15 is 0 Å². The maximum atomic E-state index is 6.13. The van der Waals surface area contributed by atoms with E-state index in [0.29, 0.717) is 5.88 Å². The lowest BCUT2D eigenvalue weighted by molar-refractivity contribution is 0.222. The highest BCUT2D eigenvalue weighted by atomic mass is 35.5. The average molecular weight is 313 g/mol. The minimum absolute atomic E-state index is 0.505. The van der Waals surface area contributed by atoms with Crippen molar-refractivity contribution in [1.29, 1.82) is 0 Å². The lowest BCUT2D eigenvalue weighted by atomic mass is 9.97. The van der Waals surface area contributed by atoms with Crippen LogP contribution in [-0.4, -0.2) is 48.0 Å². The third-order valence-electron chi connectivity index (χ3n) is 4.20. The van der Waals surface area contributed by atoms with E-state index in [0.717, 1.165) is 28.9 Å². The second kappa shape index (κ2) is 5.92. The SMILES string of the molecule is CN1CCC(CN(C)c2nc3sccn3c2CCl)CC1. The first-order valence-corrected chi connectivity index (χ1v) is 8.50. The molecule has 20 heavy (non-hydrogen) atoms. The van der Waals surface area contributed by atoms with E-state index in [9.17, 15) is 0 Å². The van der Waals surface area contributed by atoms with Gasteiger partial charge in [-0.05, 0) is 38.9 Å². The van der Waals surface area contributed by atoms with Crippen molar-refractivity contribution in [3.8, 4) is 0 Å². The normalized spacial score (nSPS) is 17.9. The Morgan fingerprint density at radius 1 is 1.45 bits per heavy atom. The molecule has 0 amide bonds. The van der Waals surface area contributed by atoms with E-state index in [4.69, 9.17) is 16.6 Å². The van der Waals surface area contributed by atoms with Crippen molar-refractivity contribution in [3.63, 3.8) is 0 Å². The highest BCUT2D eigenvalue weighted by Gasteiger charge is 2.21. The van der Waals surface area contributed by atoms with Gasteiger partial charge in [-0.15, -0.1) is 22.9 Å². The lowest BCUT2D eigenvalue weighted by Crippen LogP contribution is -2.36. The third kappa shape index (κ3) is 2.67. The van der Waals surface area contributed by atoms with Crippen LogP contribution in [0.4, 0.5) is 5.82 Å². The number of nitrogens with zero attached hydrogens (tertiary/aromatic N) is 4. The first-order valence-electron chi connectivity index (χ1n) is 7.09. The summed E-state index contributed by atoms with van der Waals surface area (Å²) >= 11 is 7.79. The molecule has 0 saturated carbocycles. The van der Waals surface area contributed by atoms with Crippen molar-refractivity contribution in [2.75, 3.05) is 38.6 Å². The van der Waals surface area contributed by atoms with Gasteiger partial charge in [-0.3, -0.25) is 4.40 Å². The smallest absolute Gasteiger partial charge is 0.195 e. The van der Waals surface area contributed by atoms with Crippen LogP contribution in [0.3, 0.4) is 0 Å². The molecule has 0 aliphatic carbocycles. The summed E-state index contributed by atoms with van der Waals surface area (Å²) in [5.41, 5.74) is 1.11. The van der Waals surface area contributed by atoms with E-state index in [2.05, 4.69) is 39.9 Å². The Labute approximate surface area is 129 Å². The molecule has 1 fully saturated rings. The molecule has 2 aromatic rings. The summed E-state index contributed by atoms with van der Waals surface area (Å²) in [5.74, 6) is 2.32. The van der Waals surface area contributed by atoms with E-state index in [1.54, 1.807) is 11.3 Å². The van der Waals surface area contributed by atoms with Crippen LogP contribution in [0.25, 0.3) is 4.96 Å². The van der Waals surface area contributed by atoms with Gasteiger partial charge in [0.15, 0.2) is 10.8 Å². The van der Waals surface area contributed by atoms with E-state index < -0.39 is 0 Å². The molecule has 1 aliphatic heterocycles. The molecule has 0 radical (unpaired) electrons. The predicted molar refractivity (Wildman–Crippen MR) is 86.1 cm³/mol. The van der Waals surface area contributed by atoms with Crippen LogP contribution < -0.4 is 4.90 Å². The van der Waals surface area contributed by atoms with Crippen LogP contribution in [-0.2, 0) is 5.88 Å². The maximum Gasteiger partial charge on any atom is 0.195 e. The topological polar surface area (TPSA) is 23.8 Å². The van der Waals surface area contributed by atoms with Gasteiger partial charge in [0.2, 0.25) is 0 Å². The van der Waals surface area contributed by atoms with Crippen molar-refractivity contribution in [2.24, 2.45) is 5.92 Å². The maximum absolute atomic E-state index is 6.13. The van der Waals surface area contributed by atoms with Crippen LogP contribution in [0.15, 0.2) is 11.6 Å². The molecule has 0 spiro atoms. The molecule has 0 bridgehead atoms. The molecule has 0 aromatic carbocycles. The van der Waals surface area contributed by atoms with Crippen LogP contribution in [0.2, 0.25) is 0 Å². The van der Waals surface area contributed by atoms with Crippen molar-refractivity contribution in [2.45, 2.75) is 18.7 Å². The molecule has 3 rings (SSSR count). The summed E-state index contributed by atoms with van der Waals surface area (Å²) in [6, 6.07) is 0. The Morgan fingerprint density at radius 2 is 2.20 bits per heavy atom. The molecule has 4 nitrogen and oxygen atoms in total. The number of hydrogen-bond donors (Lipinski definition) is 0. The summed E-state index contributed by atoms with van der Waals surface area (Å²) < 4.78 is 2.11. The van der Waals surface area contributed by atoms with E-state index in [1.807, 2.05) is 0 Å². The third-order valence-corrected chi connectivity index (χ3v) is 5.21. The molecular formula is C14H21ClN4S. The summed E-state index contributed by atoms with van der Waals surface area (Å²) in [5, 5.41) is 2.05.